The van der Waals surface area contributed by atoms with Gasteiger partial charge in [-0.3, -0.25) is 9.59 Å². The Kier molecular flexibility index (Phi) is 8.16. The Morgan fingerprint density at radius 2 is 1.82 bits per heavy atom. The molecular formula is C29H37FN2O5S. The molecule has 2 aromatic rings. The first-order valence-corrected chi connectivity index (χ1v) is 15.1. The summed E-state index contributed by atoms with van der Waals surface area (Å²) in [6, 6.07) is 10.1. The monoisotopic (exact) mass is 544 g/mol. The van der Waals surface area contributed by atoms with Gasteiger partial charge >= 0.3 is 5.97 Å². The molecule has 2 aromatic carbocycles. The molecule has 0 unspecified atom stereocenters. The number of anilines is 2. The first kappa shape index (κ1) is 28.1. The third-order valence-electron chi connectivity index (χ3n) is 7.84. The quantitative estimate of drug-likeness (QED) is 0.467. The van der Waals surface area contributed by atoms with Crippen LogP contribution in [0.4, 0.5) is 15.8 Å². The number of hydrogen-bond acceptors (Lipinski definition) is 5. The van der Waals surface area contributed by atoms with E-state index in [0.29, 0.717) is 43.5 Å². The predicted molar refractivity (Wildman–Crippen MR) is 147 cm³/mol. The molecule has 38 heavy (non-hydrogen) atoms. The Labute approximate surface area is 224 Å². The number of carbonyl (C=O) groups is 2. The van der Waals surface area contributed by atoms with Crippen molar-refractivity contribution in [2.45, 2.75) is 70.8 Å². The van der Waals surface area contributed by atoms with Crippen molar-refractivity contribution in [3.05, 3.63) is 58.9 Å². The number of carboxylic acids is 1. The number of nitrogens with zero attached hydrogens (tertiary/aromatic N) is 1. The number of amides is 1. The van der Waals surface area contributed by atoms with Crippen molar-refractivity contribution in [1.29, 1.82) is 0 Å². The van der Waals surface area contributed by atoms with E-state index >= 15 is 0 Å². The van der Waals surface area contributed by atoms with Gasteiger partial charge in [-0.25, -0.2) is 12.8 Å². The number of nitrogens with one attached hydrogen (secondary N) is 1. The Bertz CT molecular complexity index is 1310. The third-order valence-corrected chi connectivity index (χ3v) is 9.55. The molecule has 0 aromatic heterocycles. The van der Waals surface area contributed by atoms with E-state index in [1.807, 2.05) is 12.1 Å². The molecular weight excluding hydrogens is 507 g/mol. The van der Waals surface area contributed by atoms with Crippen molar-refractivity contribution >= 4 is 33.1 Å². The van der Waals surface area contributed by atoms with E-state index in [0.717, 1.165) is 17.7 Å². The lowest BCUT2D eigenvalue weighted by Gasteiger charge is -2.40. The van der Waals surface area contributed by atoms with Gasteiger partial charge in [0, 0.05) is 12.6 Å². The highest BCUT2D eigenvalue weighted by atomic mass is 32.2. The second kappa shape index (κ2) is 11.0. The van der Waals surface area contributed by atoms with Gasteiger partial charge in [0.25, 0.3) is 0 Å². The average molecular weight is 545 g/mol. The van der Waals surface area contributed by atoms with Gasteiger partial charge in [-0.15, -0.1) is 0 Å². The van der Waals surface area contributed by atoms with Gasteiger partial charge in [-0.05, 0) is 73.4 Å². The molecule has 206 valence electrons. The summed E-state index contributed by atoms with van der Waals surface area (Å²) in [5.41, 5.74) is 1.89. The largest absolute Gasteiger partial charge is 0.481 e. The van der Waals surface area contributed by atoms with E-state index in [9.17, 15) is 27.5 Å². The molecule has 2 N–H and O–H groups in total. The van der Waals surface area contributed by atoms with Crippen LogP contribution in [0.3, 0.4) is 0 Å². The van der Waals surface area contributed by atoms with Gasteiger partial charge < -0.3 is 15.3 Å². The zero-order chi connectivity index (χ0) is 27.7. The summed E-state index contributed by atoms with van der Waals surface area (Å²) in [6.07, 6.45) is 2.68. The summed E-state index contributed by atoms with van der Waals surface area (Å²) < 4.78 is 38.7. The van der Waals surface area contributed by atoms with Crippen LogP contribution < -0.4 is 10.2 Å². The van der Waals surface area contributed by atoms with E-state index < -0.39 is 32.9 Å². The fourth-order valence-electron chi connectivity index (χ4n) is 5.53. The molecule has 9 heteroatoms. The van der Waals surface area contributed by atoms with Crippen molar-refractivity contribution in [3.8, 4) is 0 Å². The van der Waals surface area contributed by atoms with Crippen LogP contribution in [0.5, 0.6) is 0 Å². The fraction of sp³-hybridized carbons (Fsp3) is 0.517. The summed E-state index contributed by atoms with van der Waals surface area (Å²) in [5.74, 6) is -1.25. The zero-order valence-electron chi connectivity index (χ0n) is 22.3. The predicted octanol–water partition coefficient (Wildman–Crippen LogP) is 4.86. The minimum atomic E-state index is -3.06. The lowest BCUT2D eigenvalue weighted by molar-refractivity contribution is -0.147. The number of hydrogen-bond donors (Lipinski definition) is 2. The highest BCUT2D eigenvalue weighted by molar-refractivity contribution is 7.91. The van der Waals surface area contributed by atoms with Crippen molar-refractivity contribution in [2.75, 3.05) is 28.3 Å². The second-order valence-electron chi connectivity index (χ2n) is 11.2. The Hall–Kier alpha value is -2.94. The molecule has 1 saturated carbocycles. The third kappa shape index (κ3) is 6.03. The van der Waals surface area contributed by atoms with Crippen LogP contribution in [0.15, 0.2) is 36.4 Å². The maximum atomic E-state index is 14.5. The average Bonchev–Trinajstić information content (AvgIpc) is 2.79. The zero-order valence-corrected chi connectivity index (χ0v) is 23.1. The molecule has 4 rings (SSSR count). The minimum absolute atomic E-state index is 0.0332. The number of halogens is 1. The first-order chi connectivity index (χ1) is 17.9. The van der Waals surface area contributed by atoms with Gasteiger partial charge in [0.15, 0.2) is 0 Å². The topological polar surface area (TPSA) is 104 Å². The van der Waals surface area contributed by atoms with Gasteiger partial charge in [0.05, 0.1) is 34.7 Å². The van der Waals surface area contributed by atoms with E-state index in [1.54, 1.807) is 25.1 Å². The van der Waals surface area contributed by atoms with Gasteiger partial charge in [-0.2, -0.15) is 0 Å². The number of aryl methyl sites for hydroxylation is 1. The molecule has 7 nitrogen and oxygen atoms in total. The summed E-state index contributed by atoms with van der Waals surface area (Å²) in [5, 5.41) is 13.0. The van der Waals surface area contributed by atoms with Gasteiger partial charge in [0.1, 0.15) is 15.7 Å². The molecule has 0 bridgehead atoms. The van der Waals surface area contributed by atoms with E-state index in [1.165, 1.54) is 6.07 Å². The van der Waals surface area contributed by atoms with E-state index in [2.05, 4.69) is 24.1 Å². The number of benzene rings is 2. The number of carboxylic acid groups (broad SMARTS) is 1. The fourth-order valence-corrected chi connectivity index (χ4v) is 7.00. The molecule has 0 radical (unpaired) electrons. The summed E-state index contributed by atoms with van der Waals surface area (Å²) in [7, 11) is -3.06. The number of rotatable bonds is 9. The molecule has 1 aliphatic carbocycles. The van der Waals surface area contributed by atoms with Crippen molar-refractivity contribution in [1.82, 2.24) is 0 Å². The minimum Gasteiger partial charge on any atom is -0.481 e. The Balaban J connectivity index is 1.71. The molecule has 1 aliphatic heterocycles. The molecule has 0 spiro atoms. The van der Waals surface area contributed by atoms with Crippen LogP contribution in [0.1, 0.15) is 62.6 Å². The van der Waals surface area contributed by atoms with Crippen LogP contribution in [0, 0.1) is 18.7 Å². The van der Waals surface area contributed by atoms with Crippen LogP contribution in [0.2, 0.25) is 0 Å². The first-order valence-electron chi connectivity index (χ1n) is 13.3. The second-order valence-corrected chi connectivity index (χ2v) is 13.5. The summed E-state index contributed by atoms with van der Waals surface area (Å²) in [6.45, 7) is 6.58. The Morgan fingerprint density at radius 3 is 2.37 bits per heavy atom. The summed E-state index contributed by atoms with van der Waals surface area (Å²) in [4.78, 5) is 27.5. The van der Waals surface area contributed by atoms with Crippen molar-refractivity contribution < 1.29 is 27.5 Å². The standard InChI is InChI=1S/C29H37FN2O5S/c1-19(2)18-32(23-9-13-38(36,37)14-10-23)26-8-7-22(29(28(34)35)11-4-12-29)17-25(26)31-27(33)16-21-6-5-20(3)15-24(21)30/h5-8,15,17,19,23H,4,9-14,16,18H2,1-3H3,(H,31,33)(H,34,35). The molecule has 1 amide bonds. The van der Waals surface area contributed by atoms with Crippen LogP contribution >= 0.6 is 0 Å². The smallest absolute Gasteiger partial charge is 0.314 e. The van der Waals surface area contributed by atoms with Crippen LogP contribution in [0.25, 0.3) is 0 Å². The summed E-state index contributed by atoms with van der Waals surface area (Å²) >= 11 is 0. The molecule has 1 heterocycles. The molecule has 2 aliphatic rings. The van der Waals surface area contributed by atoms with Gasteiger partial charge in [0.2, 0.25) is 5.91 Å². The van der Waals surface area contributed by atoms with Crippen molar-refractivity contribution in [2.24, 2.45) is 5.92 Å². The Morgan fingerprint density at radius 1 is 1.13 bits per heavy atom. The maximum Gasteiger partial charge on any atom is 0.314 e. The lowest BCUT2D eigenvalue weighted by Crippen LogP contribution is -2.44. The van der Waals surface area contributed by atoms with E-state index in [4.69, 9.17) is 0 Å². The number of sulfone groups is 1. The molecule has 2 fully saturated rings. The number of carbonyl (C=O) groups excluding carboxylic acids is 1. The van der Waals surface area contributed by atoms with Crippen LogP contribution in [-0.4, -0.2) is 49.5 Å². The lowest BCUT2D eigenvalue weighted by atomic mass is 9.64. The van der Waals surface area contributed by atoms with Crippen molar-refractivity contribution in [3.63, 3.8) is 0 Å². The van der Waals surface area contributed by atoms with Gasteiger partial charge in [-0.1, -0.05) is 38.5 Å². The number of aliphatic carboxylic acids is 1. The SMILES string of the molecule is Cc1ccc(CC(=O)Nc2cc(C3(C(=O)O)CCC3)ccc2N(CC(C)C)C2CCS(=O)(=O)CC2)c(F)c1. The maximum absolute atomic E-state index is 14.5. The normalized spacial score (nSPS) is 18.6. The van der Waals surface area contributed by atoms with E-state index in [-0.39, 0.29) is 35.4 Å². The van der Waals surface area contributed by atoms with Crippen LogP contribution in [-0.2, 0) is 31.3 Å². The highest BCUT2D eigenvalue weighted by Gasteiger charge is 2.46. The molecule has 1 saturated heterocycles. The molecule has 0 atom stereocenters. The highest BCUT2D eigenvalue weighted by Crippen LogP contribution is 2.46.